The third-order valence-corrected chi connectivity index (χ3v) is 5.47. The number of aromatic nitrogens is 5. The molecule has 3 heterocycles. The van der Waals surface area contributed by atoms with Gasteiger partial charge in [-0.2, -0.15) is 5.10 Å². The summed E-state index contributed by atoms with van der Waals surface area (Å²) in [6.07, 6.45) is 4.76. The van der Waals surface area contributed by atoms with E-state index in [0.29, 0.717) is 22.7 Å². The first kappa shape index (κ1) is 18.1. The second-order valence-electron chi connectivity index (χ2n) is 6.26. The summed E-state index contributed by atoms with van der Waals surface area (Å²) in [6.45, 7) is 4.32. The molecule has 0 atom stereocenters. The zero-order valence-electron chi connectivity index (χ0n) is 15.3. The highest BCUT2D eigenvalue weighted by Crippen LogP contribution is 2.29. The van der Waals surface area contributed by atoms with Crippen LogP contribution in [0.5, 0.6) is 0 Å². The van der Waals surface area contributed by atoms with E-state index in [4.69, 9.17) is 0 Å². The third kappa shape index (κ3) is 3.20. The van der Waals surface area contributed by atoms with Gasteiger partial charge in [-0.05, 0) is 12.1 Å². The molecule has 3 aromatic heterocycles. The first-order valence-electron chi connectivity index (χ1n) is 8.72. The smallest absolute Gasteiger partial charge is 0.264 e. The van der Waals surface area contributed by atoms with Gasteiger partial charge in [0.05, 0.1) is 22.7 Å². The largest absolute Gasteiger partial charge is 0.298 e. The van der Waals surface area contributed by atoms with Crippen molar-refractivity contribution in [3.8, 4) is 0 Å². The number of hydrogen-bond donors (Lipinski definition) is 0. The van der Waals surface area contributed by atoms with Gasteiger partial charge < -0.3 is 0 Å². The second-order valence-corrected chi connectivity index (χ2v) is 7.26. The molecule has 4 rings (SSSR count). The second kappa shape index (κ2) is 7.35. The number of anilines is 1. The van der Waals surface area contributed by atoms with E-state index in [0.717, 1.165) is 10.2 Å². The molecule has 142 valence electrons. The molecule has 0 saturated carbocycles. The van der Waals surface area contributed by atoms with Crippen LogP contribution in [0, 0.1) is 0 Å². The van der Waals surface area contributed by atoms with Gasteiger partial charge in [0, 0.05) is 26.6 Å². The summed E-state index contributed by atoms with van der Waals surface area (Å²) < 4.78 is 4.00. The van der Waals surface area contributed by atoms with Gasteiger partial charge in [-0.25, -0.2) is 9.97 Å². The molecule has 0 unspecified atom stereocenters. The van der Waals surface area contributed by atoms with E-state index in [1.165, 1.54) is 28.4 Å². The van der Waals surface area contributed by atoms with Gasteiger partial charge in [0.15, 0.2) is 10.8 Å². The fourth-order valence-electron chi connectivity index (χ4n) is 2.97. The zero-order valence-corrected chi connectivity index (χ0v) is 16.1. The topological polar surface area (TPSA) is 85.9 Å². The zero-order chi connectivity index (χ0) is 19.7. The molecular formula is C19H18N6O2S. The highest BCUT2D eigenvalue weighted by molar-refractivity contribution is 7.22. The molecule has 4 aromatic rings. The van der Waals surface area contributed by atoms with Crippen molar-refractivity contribution in [1.82, 2.24) is 24.3 Å². The Morgan fingerprint density at radius 1 is 1.36 bits per heavy atom. The van der Waals surface area contributed by atoms with Gasteiger partial charge in [-0.15, -0.1) is 6.58 Å². The maximum atomic E-state index is 12.9. The van der Waals surface area contributed by atoms with Crippen LogP contribution in [-0.4, -0.2) is 36.8 Å². The monoisotopic (exact) mass is 394 g/mol. The molecule has 28 heavy (non-hydrogen) atoms. The van der Waals surface area contributed by atoms with Gasteiger partial charge in [-0.1, -0.05) is 29.5 Å². The quantitative estimate of drug-likeness (QED) is 0.469. The Kier molecular flexibility index (Phi) is 4.74. The van der Waals surface area contributed by atoms with Crippen LogP contribution in [0.15, 0.2) is 54.2 Å². The van der Waals surface area contributed by atoms with Crippen LogP contribution >= 0.6 is 11.3 Å². The summed E-state index contributed by atoms with van der Waals surface area (Å²) in [5, 5.41) is 5.11. The van der Waals surface area contributed by atoms with E-state index in [1.807, 2.05) is 24.3 Å². The van der Waals surface area contributed by atoms with Crippen LogP contribution in [0.4, 0.5) is 5.13 Å². The van der Waals surface area contributed by atoms with Crippen LogP contribution in [0.1, 0.15) is 6.42 Å². The number of benzene rings is 1. The SMILES string of the molecule is C=CCN(C(=O)CCn1cnc2c(cnn2C)c1=O)c1nc2ccccc2s1. The molecule has 0 fully saturated rings. The molecule has 0 bridgehead atoms. The fourth-order valence-corrected chi connectivity index (χ4v) is 3.96. The molecule has 1 aromatic carbocycles. The number of thiazole rings is 1. The molecule has 0 spiro atoms. The van der Waals surface area contributed by atoms with Crippen LogP contribution < -0.4 is 10.5 Å². The van der Waals surface area contributed by atoms with E-state index >= 15 is 0 Å². The number of para-hydroxylation sites is 1. The predicted molar refractivity (Wildman–Crippen MR) is 110 cm³/mol. The van der Waals surface area contributed by atoms with Crippen LogP contribution in [0.3, 0.4) is 0 Å². The number of carbonyl (C=O) groups is 1. The van der Waals surface area contributed by atoms with Crippen molar-refractivity contribution in [1.29, 1.82) is 0 Å². The highest BCUT2D eigenvalue weighted by Gasteiger charge is 2.19. The summed E-state index contributed by atoms with van der Waals surface area (Å²) in [5.74, 6) is -0.128. The number of nitrogens with zero attached hydrogens (tertiary/aromatic N) is 6. The van der Waals surface area contributed by atoms with Crippen molar-refractivity contribution in [2.75, 3.05) is 11.4 Å². The first-order chi connectivity index (χ1) is 13.6. The molecule has 0 aliphatic heterocycles. The van der Waals surface area contributed by atoms with Crippen LogP contribution in [0.25, 0.3) is 21.3 Å². The van der Waals surface area contributed by atoms with Gasteiger partial charge in [0.2, 0.25) is 5.91 Å². The summed E-state index contributed by atoms with van der Waals surface area (Å²) in [7, 11) is 1.73. The lowest BCUT2D eigenvalue weighted by Gasteiger charge is -2.18. The van der Waals surface area contributed by atoms with E-state index in [9.17, 15) is 9.59 Å². The molecule has 0 aliphatic carbocycles. The molecular weight excluding hydrogens is 376 g/mol. The van der Waals surface area contributed by atoms with Crippen molar-refractivity contribution in [3.05, 3.63) is 59.8 Å². The lowest BCUT2D eigenvalue weighted by molar-refractivity contribution is -0.118. The Balaban J connectivity index is 1.56. The average Bonchev–Trinajstić information content (AvgIpc) is 3.29. The fraction of sp³-hybridized carbons (Fsp3) is 0.211. The number of aryl methyl sites for hydroxylation is 2. The first-order valence-corrected chi connectivity index (χ1v) is 9.54. The standard InChI is InChI=1S/C19H18N6O2S/c1-3-9-25(19-22-14-6-4-5-7-15(14)28-19)16(26)8-10-24-12-20-17-13(18(24)27)11-21-23(17)2/h3-7,11-12H,1,8-10H2,2H3. The Hall–Kier alpha value is -3.33. The summed E-state index contributed by atoms with van der Waals surface area (Å²) in [5.41, 5.74) is 1.17. The van der Waals surface area contributed by atoms with E-state index in [-0.39, 0.29) is 24.4 Å². The van der Waals surface area contributed by atoms with Gasteiger partial charge >= 0.3 is 0 Å². The molecule has 0 radical (unpaired) electrons. The van der Waals surface area contributed by atoms with Crippen LogP contribution in [-0.2, 0) is 18.4 Å². The number of rotatable bonds is 6. The molecule has 8 nitrogen and oxygen atoms in total. The van der Waals surface area contributed by atoms with Gasteiger partial charge in [0.1, 0.15) is 5.39 Å². The van der Waals surface area contributed by atoms with E-state index < -0.39 is 0 Å². The number of hydrogen-bond acceptors (Lipinski definition) is 6. The minimum Gasteiger partial charge on any atom is -0.298 e. The summed E-state index contributed by atoms with van der Waals surface area (Å²) >= 11 is 1.46. The average molecular weight is 394 g/mol. The lowest BCUT2D eigenvalue weighted by atomic mass is 10.3. The van der Waals surface area contributed by atoms with Crippen molar-refractivity contribution in [2.45, 2.75) is 13.0 Å². The highest BCUT2D eigenvalue weighted by atomic mass is 32.1. The summed E-state index contributed by atoms with van der Waals surface area (Å²) in [6, 6.07) is 7.75. The number of amides is 1. The molecule has 9 heteroatoms. The van der Waals surface area contributed by atoms with Crippen molar-refractivity contribution in [2.24, 2.45) is 7.05 Å². The maximum Gasteiger partial charge on any atom is 0.264 e. The third-order valence-electron chi connectivity index (χ3n) is 4.41. The van der Waals surface area contributed by atoms with E-state index in [1.54, 1.807) is 22.7 Å². The van der Waals surface area contributed by atoms with Gasteiger partial charge in [0.25, 0.3) is 5.56 Å². The molecule has 1 amide bonds. The molecule has 0 aliphatic rings. The Bertz CT molecular complexity index is 1210. The van der Waals surface area contributed by atoms with E-state index in [2.05, 4.69) is 21.6 Å². The summed E-state index contributed by atoms with van der Waals surface area (Å²) in [4.78, 5) is 35.8. The van der Waals surface area contributed by atoms with Crippen LogP contribution in [0.2, 0.25) is 0 Å². The normalized spacial score (nSPS) is 11.2. The predicted octanol–water partition coefficient (Wildman–Crippen LogP) is 2.35. The minimum absolute atomic E-state index is 0.128. The Labute approximate surface area is 164 Å². The van der Waals surface area contributed by atoms with Crippen molar-refractivity contribution < 1.29 is 4.79 Å². The lowest BCUT2D eigenvalue weighted by Crippen LogP contribution is -2.32. The molecule has 0 saturated heterocycles. The number of carbonyl (C=O) groups excluding carboxylic acids is 1. The number of fused-ring (bicyclic) bond motifs is 2. The Morgan fingerprint density at radius 2 is 2.18 bits per heavy atom. The van der Waals surface area contributed by atoms with Gasteiger partial charge in [-0.3, -0.25) is 23.7 Å². The van der Waals surface area contributed by atoms with Crippen molar-refractivity contribution in [3.63, 3.8) is 0 Å². The minimum atomic E-state index is -0.207. The molecule has 0 N–H and O–H groups in total. The Morgan fingerprint density at radius 3 is 2.96 bits per heavy atom. The van der Waals surface area contributed by atoms with Crippen molar-refractivity contribution >= 4 is 43.6 Å². The maximum absolute atomic E-state index is 12.9.